The molecule has 0 bridgehead atoms. The third-order valence-corrected chi connectivity index (χ3v) is 5.43. The predicted molar refractivity (Wildman–Crippen MR) is 116 cm³/mol. The first-order chi connectivity index (χ1) is 16.0. The number of rotatable bonds is 7. The molecular weight excluding hydrogens is 429 g/mol. The van der Waals surface area contributed by atoms with Crippen molar-refractivity contribution < 1.29 is 28.0 Å². The van der Waals surface area contributed by atoms with Crippen LogP contribution in [0.5, 0.6) is 5.75 Å². The first kappa shape index (κ1) is 22.5. The summed E-state index contributed by atoms with van der Waals surface area (Å²) in [6.45, 7) is 0.632. The van der Waals surface area contributed by atoms with Crippen LogP contribution in [0.1, 0.15) is 21.7 Å². The molecule has 1 aliphatic rings. The molecule has 9 heteroatoms. The molecule has 172 valence electrons. The van der Waals surface area contributed by atoms with E-state index in [1.165, 1.54) is 23.2 Å². The second-order valence-electron chi connectivity index (χ2n) is 7.71. The maximum Gasteiger partial charge on any atom is 0.293 e. The van der Waals surface area contributed by atoms with Gasteiger partial charge in [0.2, 0.25) is 11.7 Å². The van der Waals surface area contributed by atoms with E-state index in [1.807, 2.05) is 24.3 Å². The van der Waals surface area contributed by atoms with Gasteiger partial charge in [-0.25, -0.2) is 4.39 Å². The summed E-state index contributed by atoms with van der Waals surface area (Å²) in [6, 6.07) is 15.2. The molecule has 8 nitrogen and oxygen atoms in total. The number of ether oxygens (including phenoxy) is 2. The summed E-state index contributed by atoms with van der Waals surface area (Å²) in [5.74, 6) is -0.288. The van der Waals surface area contributed by atoms with Gasteiger partial charge in [0.25, 0.3) is 5.91 Å². The molecule has 0 spiro atoms. The summed E-state index contributed by atoms with van der Waals surface area (Å²) in [5, 5.41) is 3.57. The molecule has 33 heavy (non-hydrogen) atoms. The van der Waals surface area contributed by atoms with Crippen molar-refractivity contribution >= 4 is 11.8 Å². The SMILES string of the molecule is COc1ccc(CN2CC(OCc3ccccc3F)CN(C(=O)c3ccno3)CC2=O)cc1. The van der Waals surface area contributed by atoms with E-state index in [1.54, 1.807) is 30.2 Å². The molecule has 1 saturated heterocycles. The molecular formula is C24H24FN3O5. The highest BCUT2D eigenvalue weighted by molar-refractivity contribution is 5.94. The van der Waals surface area contributed by atoms with Crippen molar-refractivity contribution in [3.63, 3.8) is 0 Å². The van der Waals surface area contributed by atoms with E-state index in [0.29, 0.717) is 12.1 Å². The molecule has 3 aromatic rings. The van der Waals surface area contributed by atoms with Crippen LogP contribution in [0.2, 0.25) is 0 Å². The van der Waals surface area contributed by atoms with Gasteiger partial charge in [-0.3, -0.25) is 9.59 Å². The maximum atomic E-state index is 14.1. The Kier molecular flexibility index (Phi) is 6.99. The first-order valence-electron chi connectivity index (χ1n) is 10.5. The monoisotopic (exact) mass is 453 g/mol. The Morgan fingerprint density at radius 3 is 2.64 bits per heavy atom. The molecule has 1 atom stereocenters. The van der Waals surface area contributed by atoms with Crippen molar-refractivity contribution in [2.75, 3.05) is 26.7 Å². The number of halogens is 1. The minimum Gasteiger partial charge on any atom is -0.497 e. The van der Waals surface area contributed by atoms with E-state index in [0.717, 1.165) is 11.3 Å². The zero-order valence-corrected chi connectivity index (χ0v) is 18.1. The Labute approximate surface area is 190 Å². The molecule has 1 aromatic heterocycles. The van der Waals surface area contributed by atoms with Crippen molar-refractivity contribution in [2.45, 2.75) is 19.3 Å². The summed E-state index contributed by atoms with van der Waals surface area (Å²) in [6.07, 6.45) is 0.843. The van der Waals surface area contributed by atoms with Gasteiger partial charge < -0.3 is 23.8 Å². The van der Waals surface area contributed by atoms with E-state index < -0.39 is 12.0 Å². The zero-order valence-electron chi connectivity index (χ0n) is 18.1. The number of methoxy groups -OCH3 is 1. The predicted octanol–water partition coefficient (Wildman–Crippen LogP) is 2.89. The van der Waals surface area contributed by atoms with Crippen molar-refractivity contribution in [1.29, 1.82) is 0 Å². The number of carbonyl (C=O) groups excluding carboxylic acids is 2. The Morgan fingerprint density at radius 2 is 1.94 bits per heavy atom. The largest absolute Gasteiger partial charge is 0.497 e. The van der Waals surface area contributed by atoms with Gasteiger partial charge in [0.15, 0.2) is 0 Å². The lowest BCUT2D eigenvalue weighted by molar-refractivity contribution is -0.132. The van der Waals surface area contributed by atoms with Gasteiger partial charge in [0.1, 0.15) is 18.1 Å². The van der Waals surface area contributed by atoms with Gasteiger partial charge in [-0.15, -0.1) is 0 Å². The van der Waals surface area contributed by atoms with Crippen LogP contribution in [-0.4, -0.2) is 59.6 Å². The van der Waals surface area contributed by atoms with Gasteiger partial charge in [0, 0.05) is 31.3 Å². The normalized spacial score (nSPS) is 16.5. The van der Waals surface area contributed by atoms with Crippen LogP contribution in [0.15, 0.2) is 65.3 Å². The third kappa shape index (κ3) is 5.56. The van der Waals surface area contributed by atoms with Crippen molar-refractivity contribution in [3.05, 3.63) is 83.5 Å². The average Bonchev–Trinajstić information content (AvgIpc) is 3.32. The smallest absolute Gasteiger partial charge is 0.293 e. The molecule has 2 aromatic carbocycles. The van der Waals surface area contributed by atoms with E-state index >= 15 is 0 Å². The molecule has 4 rings (SSSR count). The standard InChI is InChI=1S/C24H24FN3O5/c1-31-19-8-6-17(7-9-19)12-27-13-20(32-16-18-4-2-3-5-21(18)25)14-28(15-23(27)29)24(30)22-10-11-26-33-22/h2-11,20H,12-16H2,1H3. The van der Waals surface area contributed by atoms with Crippen LogP contribution in [0.25, 0.3) is 0 Å². The summed E-state index contributed by atoms with van der Waals surface area (Å²) < 4.78 is 30.2. The summed E-state index contributed by atoms with van der Waals surface area (Å²) in [4.78, 5) is 28.9. The lowest BCUT2D eigenvalue weighted by atomic mass is 10.2. The molecule has 0 N–H and O–H groups in total. The highest BCUT2D eigenvalue weighted by Crippen LogP contribution is 2.18. The molecule has 2 heterocycles. The summed E-state index contributed by atoms with van der Waals surface area (Å²) >= 11 is 0. The van der Waals surface area contributed by atoms with Crippen LogP contribution in [0, 0.1) is 5.82 Å². The number of nitrogens with zero attached hydrogens (tertiary/aromatic N) is 3. The average molecular weight is 453 g/mol. The number of aromatic nitrogens is 1. The van der Waals surface area contributed by atoms with Crippen LogP contribution < -0.4 is 4.74 Å². The van der Waals surface area contributed by atoms with Gasteiger partial charge in [0.05, 0.1) is 26.0 Å². The Hall–Kier alpha value is -3.72. The van der Waals surface area contributed by atoms with Crippen LogP contribution in [0.3, 0.4) is 0 Å². The zero-order chi connectivity index (χ0) is 23.2. The fourth-order valence-electron chi connectivity index (χ4n) is 3.65. The van der Waals surface area contributed by atoms with Crippen LogP contribution in [-0.2, 0) is 22.7 Å². The summed E-state index contributed by atoms with van der Waals surface area (Å²) in [5.41, 5.74) is 1.31. The molecule has 1 fully saturated rings. The second-order valence-corrected chi connectivity index (χ2v) is 7.71. The molecule has 1 unspecified atom stereocenters. The first-order valence-corrected chi connectivity index (χ1v) is 10.5. The molecule has 1 aliphatic heterocycles. The van der Waals surface area contributed by atoms with E-state index in [2.05, 4.69) is 5.16 Å². The molecule has 0 aliphatic carbocycles. The number of hydrogen-bond donors (Lipinski definition) is 0. The fraction of sp³-hybridized carbons (Fsp3) is 0.292. The highest BCUT2D eigenvalue weighted by Gasteiger charge is 2.32. The Balaban J connectivity index is 1.52. The van der Waals surface area contributed by atoms with E-state index in [9.17, 15) is 14.0 Å². The number of benzene rings is 2. The molecule has 0 saturated carbocycles. The van der Waals surface area contributed by atoms with Crippen LogP contribution >= 0.6 is 0 Å². The van der Waals surface area contributed by atoms with Gasteiger partial charge in [-0.1, -0.05) is 35.5 Å². The van der Waals surface area contributed by atoms with Crippen molar-refractivity contribution in [1.82, 2.24) is 15.0 Å². The lowest BCUT2D eigenvalue weighted by Gasteiger charge is -2.25. The van der Waals surface area contributed by atoms with Gasteiger partial charge in [-0.05, 0) is 23.8 Å². The quantitative estimate of drug-likeness (QED) is 0.547. The Bertz CT molecular complexity index is 1090. The summed E-state index contributed by atoms with van der Waals surface area (Å²) in [7, 11) is 1.59. The van der Waals surface area contributed by atoms with Gasteiger partial charge >= 0.3 is 0 Å². The number of carbonyl (C=O) groups is 2. The highest BCUT2D eigenvalue weighted by atomic mass is 19.1. The number of amides is 2. The Morgan fingerprint density at radius 1 is 1.15 bits per heavy atom. The maximum absolute atomic E-state index is 14.1. The second kappa shape index (κ2) is 10.3. The van der Waals surface area contributed by atoms with Gasteiger partial charge in [-0.2, -0.15) is 0 Å². The fourth-order valence-corrected chi connectivity index (χ4v) is 3.65. The minimum absolute atomic E-state index is 0.0201. The minimum atomic E-state index is -0.527. The van der Waals surface area contributed by atoms with E-state index in [4.69, 9.17) is 14.0 Å². The van der Waals surface area contributed by atoms with Crippen molar-refractivity contribution in [2.24, 2.45) is 0 Å². The topological polar surface area (TPSA) is 85.1 Å². The molecule has 2 amide bonds. The molecule has 0 radical (unpaired) electrons. The third-order valence-electron chi connectivity index (χ3n) is 5.43. The van der Waals surface area contributed by atoms with E-state index in [-0.39, 0.29) is 43.7 Å². The van der Waals surface area contributed by atoms with Crippen LogP contribution in [0.4, 0.5) is 4.39 Å². The van der Waals surface area contributed by atoms with Crippen molar-refractivity contribution in [3.8, 4) is 5.75 Å². The lowest BCUT2D eigenvalue weighted by Crippen LogP contribution is -2.39. The number of hydrogen-bond acceptors (Lipinski definition) is 6.